The van der Waals surface area contributed by atoms with E-state index in [4.69, 9.17) is 4.74 Å². The first-order chi connectivity index (χ1) is 7.67. The zero-order valence-electron chi connectivity index (χ0n) is 10.4. The molecule has 16 heavy (non-hydrogen) atoms. The summed E-state index contributed by atoms with van der Waals surface area (Å²) in [5, 5.41) is 0. The van der Waals surface area contributed by atoms with Gasteiger partial charge in [-0.3, -0.25) is 0 Å². The van der Waals surface area contributed by atoms with Gasteiger partial charge < -0.3 is 4.74 Å². The Morgan fingerprint density at radius 2 is 2.06 bits per heavy atom. The number of benzene rings is 1. The van der Waals surface area contributed by atoms with Crippen LogP contribution in [0.2, 0.25) is 0 Å². The zero-order valence-corrected chi connectivity index (χ0v) is 10.4. The van der Waals surface area contributed by atoms with Gasteiger partial charge in [-0.25, -0.2) is 4.39 Å². The third-order valence-electron chi connectivity index (χ3n) is 2.73. The summed E-state index contributed by atoms with van der Waals surface area (Å²) in [5.74, 6) is 0.487. The van der Waals surface area contributed by atoms with Gasteiger partial charge in [0.05, 0.1) is 6.10 Å². The van der Waals surface area contributed by atoms with Gasteiger partial charge >= 0.3 is 0 Å². The molecular formula is C14H21FO. The Morgan fingerprint density at radius 3 is 2.69 bits per heavy atom. The third kappa shape index (κ3) is 3.84. The monoisotopic (exact) mass is 224 g/mol. The predicted molar refractivity (Wildman–Crippen MR) is 65.4 cm³/mol. The van der Waals surface area contributed by atoms with E-state index >= 15 is 0 Å². The molecule has 1 nitrogen and oxygen atoms in total. The number of hydrogen-bond donors (Lipinski definition) is 0. The van der Waals surface area contributed by atoms with Crippen LogP contribution in [0.25, 0.3) is 0 Å². The highest BCUT2D eigenvalue weighted by atomic mass is 19.1. The van der Waals surface area contributed by atoms with Crippen molar-refractivity contribution >= 4 is 0 Å². The van der Waals surface area contributed by atoms with Gasteiger partial charge in [0.15, 0.2) is 0 Å². The van der Waals surface area contributed by atoms with Crippen LogP contribution in [0.3, 0.4) is 0 Å². The summed E-state index contributed by atoms with van der Waals surface area (Å²) in [6.45, 7) is 6.23. The first-order valence-electron chi connectivity index (χ1n) is 6.12. The van der Waals surface area contributed by atoms with Crippen molar-refractivity contribution in [3.05, 3.63) is 29.6 Å². The fourth-order valence-corrected chi connectivity index (χ4v) is 1.51. The molecule has 0 aliphatic carbocycles. The van der Waals surface area contributed by atoms with Crippen LogP contribution in [0.15, 0.2) is 18.2 Å². The molecule has 0 fully saturated rings. The summed E-state index contributed by atoms with van der Waals surface area (Å²) < 4.78 is 18.9. The number of rotatable bonds is 6. The smallest absolute Gasteiger partial charge is 0.126 e. The lowest BCUT2D eigenvalue weighted by atomic mass is 10.1. The van der Waals surface area contributed by atoms with Crippen LogP contribution >= 0.6 is 0 Å². The van der Waals surface area contributed by atoms with Gasteiger partial charge in [-0.1, -0.05) is 26.3 Å². The van der Waals surface area contributed by atoms with E-state index in [0.717, 1.165) is 31.2 Å². The van der Waals surface area contributed by atoms with Crippen molar-refractivity contribution in [2.24, 2.45) is 0 Å². The highest BCUT2D eigenvalue weighted by Gasteiger charge is 2.08. The van der Waals surface area contributed by atoms with Crippen molar-refractivity contribution < 1.29 is 9.13 Å². The lowest BCUT2D eigenvalue weighted by molar-refractivity contribution is 0.214. The average Bonchev–Trinajstić information content (AvgIpc) is 2.28. The lowest BCUT2D eigenvalue weighted by Gasteiger charge is -2.16. The molecule has 1 aromatic rings. The third-order valence-corrected chi connectivity index (χ3v) is 2.73. The highest BCUT2D eigenvalue weighted by Crippen LogP contribution is 2.23. The maximum absolute atomic E-state index is 13.1. The molecule has 1 aromatic carbocycles. The number of ether oxygens (including phenoxy) is 1. The van der Waals surface area contributed by atoms with Gasteiger partial charge in [-0.05, 0) is 37.8 Å². The molecule has 0 bridgehead atoms. The van der Waals surface area contributed by atoms with Crippen LogP contribution in [0, 0.1) is 5.82 Å². The van der Waals surface area contributed by atoms with Crippen molar-refractivity contribution in [1.29, 1.82) is 0 Å². The van der Waals surface area contributed by atoms with Crippen LogP contribution < -0.4 is 4.74 Å². The first-order valence-corrected chi connectivity index (χ1v) is 6.12. The highest BCUT2D eigenvalue weighted by molar-refractivity contribution is 5.34. The minimum atomic E-state index is -0.224. The molecule has 0 saturated heterocycles. The lowest BCUT2D eigenvalue weighted by Crippen LogP contribution is -2.11. The van der Waals surface area contributed by atoms with Gasteiger partial charge in [-0.15, -0.1) is 0 Å². The van der Waals surface area contributed by atoms with Crippen molar-refractivity contribution in [2.45, 2.75) is 52.6 Å². The standard InChI is InChI=1S/C14H21FO/c1-4-6-7-12-8-9-13(15)10-14(12)16-11(3)5-2/h8-11H,4-7H2,1-3H3/t11-/m0/s1. The fourth-order valence-electron chi connectivity index (χ4n) is 1.51. The number of hydrogen-bond acceptors (Lipinski definition) is 1. The maximum Gasteiger partial charge on any atom is 0.126 e. The van der Waals surface area contributed by atoms with E-state index in [1.54, 1.807) is 0 Å². The summed E-state index contributed by atoms with van der Waals surface area (Å²) in [4.78, 5) is 0. The Kier molecular flexibility index (Phi) is 5.30. The number of unbranched alkanes of at least 4 members (excludes halogenated alkanes) is 1. The Labute approximate surface area is 97.6 Å². The molecule has 0 N–H and O–H groups in total. The Morgan fingerprint density at radius 1 is 1.31 bits per heavy atom. The van der Waals surface area contributed by atoms with Crippen LogP contribution in [0.4, 0.5) is 4.39 Å². The van der Waals surface area contributed by atoms with Crippen molar-refractivity contribution in [2.75, 3.05) is 0 Å². The summed E-state index contributed by atoms with van der Waals surface area (Å²) in [5.41, 5.74) is 1.11. The van der Waals surface area contributed by atoms with Crippen molar-refractivity contribution in [3.63, 3.8) is 0 Å². The normalized spacial score (nSPS) is 12.5. The molecule has 0 unspecified atom stereocenters. The second kappa shape index (κ2) is 6.51. The fraction of sp³-hybridized carbons (Fsp3) is 0.571. The quantitative estimate of drug-likeness (QED) is 0.698. The van der Waals surface area contributed by atoms with Crippen LogP contribution in [0.1, 0.15) is 45.6 Å². The molecule has 0 saturated carbocycles. The summed E-state index contributed by atoms with van der Waals surface area (Å²) in [7, 11) is 0. The second-order valence-corrected chi connectivity index (χ2v) is 4.19. The van der Waals surface area contributed by atoms with E-state index in [0.29, 0.717) is 5.75 Å². The largest absolute Gasteiger partial charge is 0.490 e. The molecule has 0 aliphatic rings. The second-order valence-electron chi connectivity index (χ2n) is 4.19. The Bertz CT molecular complexity index is 323. The van der Waals surface area contributed by atoms with E-state index in [1.165, 1.54) is 12.1 Å². The number of aryl methyl sites for hydroxylation is 1. The number of halogens is 1. The molecule has 0 aliphatic heterocycles. The average molecular weight is 224 g/mol. The van der Waals surface area contributed by atoms with Gasteiger partial charge in [0.25, 0.3) is 0 Å². The Hall–Kier alpha value is -1.05. The molecule has 0 aromatic heterocycles. The minimum absolute atomic E-state index is 0.141. The maximum atomic E-state index is 13.1. The molecule has 1 atom stereocenters. The van der Waals surface area contributed by atoms with E-state index < -0.39 is 0 Å². The van der Waals surface area contributed by atoms with Crippen LogP contribution in [0.5, 0.6) is 5.75 Å². The molecular weight excluding hydrogens is 203 g/mol. The molecule has 90 valence electrons. The molecule has 0 amide bonds. The van der Waals surface area contributed by atoms with Crippen molar-refractivity contribution in [1.82, 2.24) is 0 Å². The molecule has 0 spiro atoms. The van der Waals surface area contributed by atoms with E-state index in [9.17, 15) is 4.39 Å². The van der Waals surface area contributed by atoms with Crippen LogP contribution in [-0.2, 0) is 6.42 Å². The Balaban J connectivity index is 2.80. The summed E-state index contributed by atoms with van der Waals surface area (Å²) in [6.07, 6.45) is 4.29. The zero-order chi connectivity index (χ0) is 12.0. The van der Waals surface area contributed by atoms with E-state index in [2.05, 4.69) is 13.8 Å². The molecule has 1 rings (SSSR count). The van der Waals surface area contributed by atoms with E-state index in [-0.39, 0.29) is 11.9 Å². The SMILES string of the molecule is CCCCc1ccc(F)cc1O[C@@H](C)CC. The first kappa shape index (κ1) is 13.0. The van der Waals surface area contributed by atoms with E-state index in [1.807, 2.05) is 13.0 Å². The van der Waals surface area contributed by atoms with Gasteiger partial charge in [0.1, 0.15) is 11.6 Å². The predicted octanol–water partition coefficient (Wildman–Crippen LogP) is 4.35. The van der Waals surface area contributed by atoms with Crippen LogP contribution in [-0.4, -0.2) is 6.10 Å². The minimum Gasteiger partial charge on any atom is -0.490 e. The molecule has 0 heterocycles. The molecule has 2 heteroatoms. The summed E-state index contributed by atoms with van der Waals surface area (Å²) in [6, 6.07) is 4.84. The van der Waals surface area contributed by atoms with Gasteiger partial charge in [0, 0.05) is 6.07 Å². The molecule has 0 radical (unpaired) electrons. The summed E-state index contributed by atoms with van der Waals surface area (Å²) >= 11 is 0. The van der Waals surface area contributed by atoms with Gasteiger partial charge in [0.2, 0.25) is 0 Å². The van der Waals surface area contributed by atoms with Crippen molar-refractivity contribution in [3.8, 4) is 5.75 Å². The topological polar surface area (TPSA) is 9.23 Å². The van der Waals surface area contributed by atoms with Gasteiger partial charge in [-0.2, -0.15) is 0 Å².